The van der Waals surface area contributed by atoms with Crippen LogP contribution in [0.15, 0.2) is 47.1 Å². The van der Waals surface area contributed by atoms with Crippen LogP contribution in [-0.2, 0) is 13.1 Å². The van der Waals surface area contributed by atoms with E-state index in [1.54, 1.807) is 6.26 Å². The highest BCUT2D eigenvalue weighted by atomic mass is 16.3. The van der Waals surface area contributed by atoms with Crippen LogP contribution in [0.2, 0.25) is 0 Å². The van der Waals surface area contributed by atoms with E-state index < -0.39 is 0 Å². The molecule has 1 amide bonds. The largest absolute Gasteiger partial charge is 0.467 e. The maximum atomic E-state index is 12.1. The normalized spacial score (nSPS) is 15.6. The van der Waals surface area contributed by atoms with Gasteiger partial charge in [0.2, 0.25) is 0 Å². The maximum Gasteiger partial charge on any atom is 0.251 e. The minimum Gasteiger partial charge on any atom is -0.467 e. The van der Waals surface area contributed by atoms with Crippen LogP contribution in [0.1, 0.15) is 40.9 Å². The number of carbonyl (C=O) groups is 1. The van der Waals surface area contributed by atoms with Crippen molar-refractivity contribution in [3.05, 3.63) is 59.5 Å². The molecule has 1 aromatic heterocycles. The van der Waals surface area contributed by atoms with Crippen molar-refractivity contribution in [2.45, 2.75) is 32.4 Å². The Morgan fingerprint density at radius 1 is 1.09 bits per heavy atom. The molecular weight excluding hydrogens is 276 g/mol. The summed E-state index contributed by atoms with van der Waals surface area (Å²) in [7, 11) is 0. The molecule has 0 spiro atoms. The Hall–Kier alpha value is -2.07. The SMILES string of the molecule is O=C(NCc1ccco1)c1ccc(CN2CCCCC2)cc1. The lowest BCUT2D eigenvalue weighted by molar-refractivity contribution is 0.0948. The highest BCUT2D eigenvalue weighted by Crippen LogP contribution is 2.13. The Bertz CT molecular complexity index is 584. The quantitative estimate of drug-likeness (QED) is 0.922. The van der Waals surface area contributed by atoms with E-state index in [0.717, 1.165) is 12.3 Å². The molecule has 1 aliphatic rings. The van der Waals surface area contributed by atoms with Gasteiger partial charge in [-0.05, 0) is 55.8 Å². The minimum atomic E-state index is -0.0686. The van der Waals surface area contributed by atoms with E-state index in [1.165, 1.54) is 37.9 Å². The third-order valence-electron chi connectivity index (χ3n) is 4.07. The second kappa shape index (κ2) is 7.27. The summed E-state index contributed by atoms with van der Waals surface area (Å²) in [6.07, 6.45) is 5.56. The average molecular weight is 298 g/mol. The number of benzene rings is 1. The molecule has 1 fully saturated rings. The molecule has 1 saturated heterocycles. The Morgan fingerprint density at radius 2 is 1.86 bits per heavy atom. The number of nitrogens with one attached hydrogen (secondary N) is 1. The first-order valence-electron chi connectivity index (χ1n) is 7.93. The number of nitrogens with zero attached hydrogens (tertiary/aromatic N) is 1. The van der Waals surface area contributed by atoms with Crippen molar-refractivity contribution in [3.8, 4) is 0 Å². The third kappa shape index (κ3) is 3.98. The number of piperidine rings is 1. The smallest absolute Gasteiger partial charge is 0.251 e. The molecule has 22 heavy (non-hydrogen) atoms. The summed E-state index contributed by atoms with van der Waals surface area (Å²) in [6, 6.07) is 11.6. The molecule has 0 bridgehead atoms. The summed E-state index contributed by atoms with van der Waals surface area (Å²) in [5.74, 6) is 0.691. The van der Waals surface area contributed by atoms with Gasteiger partial charge in [0.1, 0.15) is 5.76 Å². The number of hydrogen-bond acceptors (Lipinski definition) is 3. The van der Waals surface area contributed by atoms with Gasteiger partial charge >= 0.3 is 0 Å². The first kappa shape index (κ1) is 14.9. The van der Waals surface area contributed by atoms with Crippen LogP contribution in [-0.4, -0.2) is 23.9 Å². The zero-order chi connectivity index (χ0) is 15.2. The Kier molecular flexibility index (Phi) is 4.91. The number of amides is 1. The number of furan rings is 1. The molecule has 0 saturated carbocycles. The van der Waals surface area contributed by atoms with E-state index >= 15 is 0 Å². The van der Waals surface area contributed by atoms with E-state index in [9.17, 15) is 4.79 Å². The van der Waals surface area contributed by atoms with Gasteiger partial charge in [-0.15, -0.1) is 0 Å². The van der Waals surface area contributed by atoms with Gasteiger partial charge in [0.15, 0.2) is 0 Å². The van der Waals surface area contributed by atoms with Gasteiger partial charge in [-0.3, -0.25) is 9.69 Å². The average Bonchev–Trinajstić information content (AvgIpc) is 3.08. The van der Waals surface area contributed by atoms with Crippen molar-refractivity contribution in [2.24, 2.45) is 0 Å². The van der Waals surface area contributed by atoms with Crippen molar-refractivity contribution in [1.82, 2.24) is 10.2 Å². The van der Waals surface area contributed by atoms with Crippen LogP contribution in [0.5, 0.6) is 0 Å². The highest BCUT2D eigenvalue weighted by Gasteiger charge is 2.11. The minimum absolute atomic E-state index is 0.0686. The van der Waals surface area contributed by atoms with Gasteiger partial charge in [-0.25, -0.2) is 0 Å². The van der Waals surface area contributed by atoms with Crippen LogP contribution < -0.4 is 5.32 Å². The summed E-state index contributed by atoms with van der Waals surface area (Å²) in [6.45, 7) is 3.77. The van der Waals surface area contributed by atoms with E-state index in [-0.39, 0.29) is 5.91 Å². The van der Waals surface area contributed by atoms with Crippen molar-refractivity contribution in [3.63, 3.8) is 0 Å². The molecule has 4 heteroatoms. The van der Waals surface area contributed by atoms with Gasteiger partial charge in [-0.2, -0.15) is 0 Å². The third-order valence-corrected chi connectivity index (χ3v) is 4.07. The second-order valence-corrected chi connectivity index (χ2v) is 5.80. The number of hydrogen-bond donors (Lipinski definition) is 1. The molecule has 0 aliphatic carbocycles. The molecule has 0 radical (unpaired) electrons. The van der Waals surface area contributed by atoms with Crippen LogP contribution >= 0.6 is 0 Å². The fourth-order valence-corrected chi connectivity index (χ4v) is 2.82. The lowest BCUT2D eigenvalue weighted by atomic mass is 10.1. The summed E-state index contributed by atoms with van der Waals surface area (Å²) < 4.78 is 5.20. The van der Waals surface area contributed by atoms with Crippen molar-refractivity contribution in [1.29, 1.82) is 0 Å². The molecule has 1 aliphatic heterocycles. The predicted octanol–water partition coefficient (Wildman–Crippen LogP) is 3.20. The molecule has 116 valence electrons. The summed E-state index contributed by atoms with van der Waals surface area (Å²) in [4.78, 5) is 14.6. The first-order chi connectivity index (χ1) is 10.8. The molecule has 2 aromatic rings. The monoisotopic (exact) mass is 298 g/mol. The molecule has 1 N–H and O–H groups in total. The first-order valence-corrected chi connectivity index (χ1v) is 7.93. The van der Waals surface area contributed by atoms with E-state index in [2.05, 4.69) is 22.3 Å². The Labute approximate surface area is 131 Å². The Balaban J connectivity index is 1.52. The maximum absolute atomic E-state index is 12.1. The number of likely N-dealkylation sites (tertiary alicyclic amines) is 1. The number of carbonyl (C=O) groups excluding carboxylic acids is 1. The summed E-state index contributed by atoms with van der Waals surface area (Å²) in [5, 5.41) is 2.86. The molecular formula is C18H22N2O2. The van der Waals surface area contributed by atoms with Crippen molar-refractivity contribution >= 4 is 5.91 Å². The number of rotatable bonds is 5. The van der Waals surface area contributed by atoms with E-state index in [1.807, 2.05) is 24.3 Å². The van der Waals surface area contributed by atoms with Crippen LogP contribution in [0.4, 0.5) is 0 Å². The molecule has 4 nitrogen and oxygen atoms in total. The van der Waals surface area contributed by atoms with Gasteiger partial charge in [0.05, 0.1) is 12.8 Å². The van der Waals surface area contributed by atoms with E-state index in [4.69, 9.17) is 4.42 Å². The zero-order valence-electron chi connectivity index (χ0n) is 12.8. The fourth-order valence-electron chi connectivity index (χ4n) is 2.82. The van der Waals surface area contributed by atoms with E-state index in [0.29, 0.717) is 12.1 Å². The lowest BCUT2D eigenvalue weighted by Gasteiger charge is -2.26. The summed E-state index contributed by atoms with van der Waals surface area (Å²) >= 11 is 0. The predicted molar refractivity (Wildman–Crippen MR) is 85.4 cm³/mol. The molecule has 1 aromatic carbocycles. The van der Waals surface area contributed by atoms with Crippen LogP contribution in [0.3, 0.4) is 0 Å². The topological polar surface area (TPSA) is 45.5 Å². The highest BCUT2D eigenvalue weighted by molar-refractivity contribution is 5.94. The lowest BCUT2D eigenvalue weighted by Crippen LogP contribution is -2.29. The van der Waals surface area contributed by atoms with Gasteiger partial charge in [0, 0.05) is 12.1 Å². The summed E-state index contributed by atoms with van der Waals surface area (Å²) in [5.41, 5.74) is 1.96. The molecule has 3 rings (SSSR count). The van der Waals surface area contributed by atoms with Gasteiger partial charge in [0.25, 0.3) is 5.91 Å². The molecule has 2 heterocycles. The van der Waals surface area contributed by atoms with Crippen molar-refractivity contribution in [2.75, 3.05) is 13.1 Å². The molecule has 0 atom stereocenters. The molecule has 0 unspecified atom stereocenters. The van der Waals surface area contributed by atoms with Crippen molar-refractivity contribution < 1.29 is 9.21 Å². The second-order valence-electron chi connectivity index (χ2n) is 5.80. The van der Waals surface area contributed by atoms with Gasteiger partial charge < -0.3 is 9.73 Å². The van der Waals surface area contributed by atoms with Gasteiger partial charge in [-0.1, -0.05) is 18.6 Å². The zero-order valence-corrected chi connectivity index (χ0v) is 12.8. The Morgan fingerprint density at radius 3 is 2.55 bits per heavy atom. The van der Waals surface area contributed by atoms with Crippen LogP contribution in [0.25, 0.3) is 0 Å². The standard InChI is InChI=1S/C18H22N2O2/c21-18(19-13-17-5-4-12-22-17)16-8-6-15(7-9-16)14-20-10-2-1-3-11-20/h4-9,12H,1-3,10-11,13-14H2,(H,19,21). The fraction of sp³-hybridized carbons (Fsp3) is 0.389. The van der Waals surface area contributed by atoms with Crippen LogP contribution in [0, 0.1) is 0 Å².